The molecule has 1 aliphatic heterocycles. The SMILES string of the molecule is CCC(CC)NC(=O)C1CCN(S(=O)(=O)Cc2ccccc2F)CC1. The Hall–Kier alpha value is -1.47. The second-order valence-corrected chi connectivity index (χ2v) is 8.51. The molecule has 1 aromatic rings. The van der Waals surface area contributed by atoms with E-state index in [0.717, 1.165) is 12.8 Å². The number of nitrogens with one attached hydrogen (secondary N) is 1. The lowest BCUT2D eigenvalue weighted by molar-refractivity contribution is -0.126. The molecule has 0 aliphatic carbocycles. The van der Waals surface area contributed by atoms with Gasteiger partial charge in [0.05, 0.1) is 5.75 Å². The molecule has 7 heteroatoms. The summed E-state index contributed by atoms with van der Waals surface area (Å²) in [5.74, 6) is -0.990. The third-order valence-corrected chi connectivity index (χ3v) is 6.67. The molecule has 0 aromatic heterocycles. The second kappa shape index (κ2) is 8.76. The first-order valence-corrected chi connectivity index (χ1v) is 10.5. The third kappa shape index (κ3) is 5.25. The molecule has 1 aromatic carbocycles. The highest BCUT2D eigenvalue weighted by atomic mass is 32.2. The highest BCUT2D eigenvalue weighted by molar-refractivity contribution is 7.88. The molecule has 2 rings (SSSR count). The number of rotatable bonds is 7. The lowest BCUT2D eigenvalue weighted by Crippen LogP contribution is -2.45. The van der Waals surface area contributed by atoms with Crippen molar-refractivity contribution in [2.75, 3.05) is 13.1 Å². The maximum atomic E-state index is 13.7. The number of amides is 1. The predicted molar refractivity (Wildman–Crippen MR) is 95.8 cm³/mol. The van der Waals surface area contributed by atoms with Gasteiger partial charge in [-0.1, -0.05) is 32.0 Å². The van der Waals surface area contributed by atoms with Crippen LogP contribution in [-0.4, -0.2) is 37.8 Å². The van der Waals surface area contributed by atoms with E-state index in [1.165, 1.54) is 22.5 Å². The van der Waals surface area contributed by atoms with E-state index in [-0.39, 0.29) is 29.2 Å². The van der Waals surface area contributed by atoms with Crippen LogP contribution in [0, 0.1) is 11.7 Å². The zero-order valence-electron chi connectivity index (χ0n) is 14.9. The fraction of sp³-hybridized carbons (Fsp3) is 0.611. The van der Waals surface area contributed by atoms with Gasteiger partial charge >= 0.3 is 0 Å². The molecule has 1 fully saturated rings. The lowest BCUT2D eigenvalue weighted by atomic mass is 9.96. The molecule has 1 amide bonds. The first-order chi connectivity index (χ1) is 11.9. The molecule has 1 heterocycles. The van der Waals surface area contributed by atoms with E-state index < -0.39 is 15.8 Å². The Balaban J connectivity index is 1.92. The van der Waals surface area contributed by atoms with Crippen LogP contribution in [0.25, 0.3) is 0 Å². The Morgan fingerprint density at radius 3 is 2.40 bits per heavy atom. The van der Waals surface area contributed by atoms with Crippen molar-refractivity contribution in [2.45, 2.75) is 51.3 Å². The van der Waals surface area contributed by atoms with E-state index in [2.05, 4.69) is 5.32 Å². The summed E-state index contributed by atoms with van der Waals surface area (Å²) in [7, 11) is -3.58. The summed E-state index contributed by atoms with van der Waals surface area (Å²) in [6.45, 7) is 4.67. The van der Waals surface area contributed by atoms with E-state index in [0.29, 0.717) is 25.9 Å². The number of hydrogen-bond donors (Lipinski definition) is 1. The lowest BCUT2D eigenvalue weighted by Gasteiger charge is -2.31. The smallest absolute Gasteiger partial charge is 0.223 e. The number of hydrogen-bond acceptors (Lipinski definition) is 3. The van der Waals surface area contributed by atoms with Gasteiger partial charge in [-0.3, -0.25) is 4.79 Å². The summed E-state index contributed by atoms with van der Waals surface area (Å²) in [5.41, 5.74) is 0.177. The van der Waals surface area contributed by atoms with Gasteiger partial charge in [-0.15, -0.1) is 0 Å². The monoisotopic (exact) mass is 370 g/mol. The van der Waals surface area contributed by atoms with Crippen molar-refractivity contribution in [3.63, 3.8) is 0 Å². The van der Waals surface area contributed by atoms with Gasteiger partial charge in [-0.2, -0.15) is 0 Å². The van der Waals surface area contributed by atoms with Crippen LogP contribution >= 0.6 is 0 Å². The Bertz CT molecular complexity index is 681. The van der Waals surface area contributed by atoms with Gasteiger partial charge in [0.25, 0.3) is 0 Å². The van der Waals surface area contributed by atoms with Crippen LogP contribution in [0.2, 0.25) is 0 Å². The van der Waals surface area contributed by atoms with Crippen molar-refractivity contribution in [1.29, 1.82) is 0 Å². The molecule has 140 valence electrons. The molecule has 0 saturated carbocycles. The van der Waals surface area contributed by atoms with Crippen molar-refractivity contribution in [3.05, 3.63) is 35.6 Å². The van der Waals surface area contributed by atoms with Gasteiger partial charge in [0, 0.05) is 30.6 Å². The van der Waals surface area contributed by atoms with E-state index in [1.54, 1.807) is 6.07 Å². The Labute approximate surface area is 149 Å². The molecular weight excluding hydrogens is 343 g/mol. The van der Waals surface area contributed by atoms with E-state index in [1.807, 2.05) is 13.8 Å². The molecule has 0 radical (unpaired) electrons. The van der Waals surface area contributed by atoms with E-state index in [4.69, 9.17) is 0 Å². The Kier molecular flexibility index (Phi) is 6.95. The maximum absolute atomic E-state index is 13.7. The fourth-order valence-electron chi connectivity index (χ4n) is 3.11. The number of sulfonamides is 1. The molecule has 5 nitrogen and oxygen atoms in total. The molecule has 0 atom stereocenters. The normalized spacial score (nSPS) is 17.0. The number of carbonyl (C=O) groups excluding carboxylic acids is 1. The minimum atomic E-state index is -3.58. The van der Waals surface area contributed by atoms with Gasteiger partial charge in [0.15, 0.2) is 0 Å². The summed E-state index contributed by atoms with van der Waals surface area (Å²) in [6, 6.07) is 6.09. The van der Waals surface area contributed by atoms with Crippen LogP contribution in [0.1, 0.15) is 45.1 Å². The maximum Gasteiger partial charge on any atom is 0.223 e. The van der Waals surface area contributed by atoms with Gasteiger partial charge in [0.2, 0.25) is 15.9 Å². The Morgan fingerprint density at radius 2 is 1.84 bits per heavy atom. The molecule has 0 unspecified atom stereocenters. The molecule has 25 heavy (non-hydrogen) atoms. The molecule has 1 N–H and O–H groups in total. The van der Waals surface area contributed by atoms with Gasteiger partial charge < -0.3 is 5.32 Å². The highest BCUT2D eigenvalue weighted by Gasteiger charge is 2.32. The van der Waals surface area contributed by atoms with Gasteiger partial charge in [0.1, 0.15) is 5.82 Å². The summed E-state index contributed by atoms with van der Waals surface area (Å²) >= 11 is 0. The molecule has 1 saturated heterocycles. The standard InChI is InChI=1S/C18H27FN2O3S/c1-3-16(4-2)20-18(22)14-9-11-21(12-10-14)25(23,24)13-15-7-5-6-8-17(15)19/h5-8,14,16H,3-4,9-13H2,1-2H3,(H,20,22). The van der Waals surface area contributed by atoms with Crippen LogP contribution in [-0.2, 0) is 20.6 Å². The van der Waals surface area contributed by atoms with Crippen LogP contribution in [0.5, 0.6) is 0 Å². The molecular formula is C18H27FN2O3S. The number of piperidine rings is 1. The number of nitrogens with zero attached hydrogens (tertiary/aromatic N) is 1. The minimum Gasteiger partial charge on any atom is -0.353 e. The van der Waals surface area contributed by atoms with E-state index in [9.17, 15) is 17.6 Å². The quantitative estimate of drug-likeness (QED) is 0.802. The summed E-state index contributed by atoms with van der Waals surface area (Å²) in [6.07, 6.45) is 2.78. The summed E-state index contributed by atoms with van der Waals surface area (Å²) in [5, 5.41) is 3.03. The Morgan fingerprint density at radius 1 is 1.24 bits per heavy atom. The number of carbonyl (C=O) groups is 1. The van der Waals surface area contributed by atoms with Gasteiger partial charge in [-0.25, -0.2) is 17.1 Å². The van der Waals surface area contributed by atoms with Crippen molar-refractivity contribution in [1.82, 2.24) is 9.62 Å². The van der Waals surface area contributed by atoms with Crippen LogP contribution in [0.15, 0.2) is 24.3 Å². The van der Waals surface area contributed by atoms with Crippen molar-refractivity contribution in [3.8, 4) is 0 Å². The van der Waals surface area contributed by atoms with E-state index >= 15 is 0 Å². The second-order valence-electron chi connectivity index (χ2n) is 6.54. The van der Waals surface area contributed by atoms with Crippen molar-refractivity contribution < 1.29 is 17.6 Å². The third-order valence-electron chi connectivity index (χ3n) is 4.85. The molecule has 0 spiro atoms. The largest absolute Gasteiger partial charge is 0.353 e. The highest BCUT2D eigenvalue weighted by Crippen LogP contribution is 2.23. The zero-order valence-corrected chi connectivity index (χ0v) is 15.7. The molecule has 0 bridgehead atoms. The first-order valence-electron chi connectivity index (χ1n) is 8.89. The van der Waals surface area contributed by atoms with Crippen LogP contribution in [0.3, 0.4) is 0 Å². The minimum absolute atomic E-state index is 0.0138. The topological polar surface area (TPSA) is 66.5 Å². The number of halogens is 1. The average molecular weight is 370 g/mol. The number of benzene rings is 1. The zero-order chi connectivity index (χ0) is 18.4. The van der Waals surface area contributed by atoms with Crippen LogP contribution in [0.4, 0.5) is 4.39 Å². The van der Waals surface area contributed by atoms with Gasteiger partial charge in [-0.05, 0) is 31.7 Å². The van der Waals surface area contributed by atoms with Crippen LogP contribution < -0.4 is 5.32 Å². The summed E-state index contributed by atoms with van der Waals surface area (Å²) in [4.78, 5) is 12.3. The first kappa shape index (κ1) is 19.8. The van der Waals surface area contributed by atoms with Crippen molar-refractivity contribution in [2.24, 2.45) is 5.92 Å². The summed E-state index contributed by atoms with van der Waals surface area (Å²) < 4.78 is 40.1. The predicted octanol–water partition coefficient (Wildman–Crippen LogP) is 2.67. The molecule has 1 aliphatic rings. The average Bonchev–Trinajstić information content (AvgIpc) is 2.61. The fourth-order valence-corrected chi connectivity index (χ4v) is 4.69. The van der Waals surface area contributed by atoms with Crippen molar-refractivity contribution >= 4 is 15.9 Å².